The zero-order valence-electron chi connectivity index (χ0n) is 17.0. The number of thioether (sulfide) groups is 1. The van der Waals surface area contributed by atoms with E-state index in [1.165, 1.54) is 16.6 Å². The molecule has 0 bridgehead atoms. The third-order valence-corrected chi connectivity index (χ3v) is 7.51. The van der Waals surface area contributed by atoms with E-state index in [-0.39, 0.29) is 11.7 Å². The number of aryl methyl sites for hydroxylation is 2. The minimum Gasteiger partial charge on any atom is -0.440 e. The van der Waals surface area contributed by atoms with Gasteiger partial charge in [0.2, 0.25) is 5.89 Å². The van der Waals surface area contributed by atoms with E-state index >= 15 is 0 Å². The fourth-order valence-electron chi connectivity index (χ4n) is 4.03. The van der Waals surface area contributed by atoms with Crippen molar-refractivity contribution in [1.82, 2.24) is 14.5 Å². The van der Waals surface area contributed by atoms with Gasteiger partial charge in [0.25, 0.3) is 5.56 Å². The predicted octanol–water partition coefficient (Wildman–Crippen LogP) is 4.94. The van der Waals surface area contributed by atoms with Crippen LogP contribution in [0.1, 0.15) is 36.1 Å². The number of aromatic nitrogens is 3. The van der Waals surface area contributed by atoms with Crippen LogP contribution in [0.4, 0.5) is 0 Å². The number of benzene rings is 1. The number of para-hydroxylation sites is 2. The molecule has 0 N–H and O–H groups in total. The number of hydrogen-bond donors (Lipinski definition) is 0. The number of hydrogen-bond acceptors (Lipinski definition) is 7. The molecule has 1 atom stereocenters. The van der Waals surface area contributed by atoms with Crippen molar-refractivity contribution in [3.8, 4) is 0 Å². The van der Waals surface area contributed by atoms with E-state index in [0.29, 0.717) is 23.3 Å². The molecule has 0 saturated carbocycles. The van der Waals surface area contributed by atoms with Crippen LogP contribution in [0.15, 0.2) is 38.6 Å². The molecule has 1 aliphatic rings. The van der Waals surface area contributed by atoms with Gasteiger partial charge in [-0.2, -0.15) is 0 Å². The lowest BCUT2D eigenvalue weighted by Crippen LogP contribution is -2.29. The second-order valence-corrected chi connectivity index (χ2v) is 9.63. The fourth-order valence-corrected chi connectivity index (χ4v) is 6.04. The Balaban J connectivity index is 1.53. The molecule has 4 aromatic rings. The lowest BCUT2D eigenvalue weighted by molar-refractivity contribution is 0.0937. The van der Waals surface area contributed by atoms with Crippen LogP contribution in [0.25, 0.3) is 21.3 Å². The second-order valence-electron chi connectivity index (χ2n) is 7.48. The van der Waals surface area contributed by atoms with E-state index in [2.05, 4.69) is 18.8 Å². The Morgan fingerprint density at radius 1 is 1.30 bits per heavy atom. The number of rotatable bonds is 6. The third-order valence-electron chi connectivity index (χ3n) is 5.50. The van der Waals surface area contributed by atoms with Gasteiger partial charge in [-0.3, -0.25) is 9.36 Å². The normalized spacial score (nSPS) is 16.8. The first-order valence-corrected chi connectivity index (χ1v) is 12.1. The quantitative estimate of drug-likeness (QED) is 0.312. The summed E-state index contributed by atoms with van der Waals surface area (Å²) in [4.78, 5) is 24.9. The maximum atomic E-state index is 13.5. The summed E-state index contributed by atoms with van der Waals surface area (Å²) >= 11 is 3.10. The lowest BCUT2D eigenvalue weighted by Gasteiger charge is -2.15. The Morgan fingerprint density at radius 2 is 2.17 bits per heavy atom. The van der Waals surface area contributed by atoms with E-state index < -0.39 is 0 Å². The van der Waals surface area contributed by atoms with Crippen LogP contribution < -0.4 is 5.56 Å². The average Bonchev–Trinajstić information content (AvgIpc) is 3.46. The Labute approximate surface area is 182 Å². The molecule has 1 aromatic carbocycles. The number of oxazole rings is 1. The Morgan fingerprint density at radius 3 is 2.93 bits per heavy atom. The molecule has 0 amide bonds. The molecular formula is C22H23N3O3S2. The maximum absolute atomic E-state index is 13.5. The van der Waals surface area contributed by atoms with Gasteiger partial charge in [-0.1, -0.05) is 30.8 Å². The molecule has 30 heavy (non-hydrogen) atoms. The van der Waals surface area contributed by atoms with Gasteiger partial charge in [0.15, 0.2) is 10.7 Å². The molecule has 0 aliphatic carbocycles. The van der Waals surface area contributed by atoms with Crippen LogP contribution in [-0.2, 0) is 23.5 Å². The van der Waals surface area contributed by atoms with Crippen LogP contribution in [0.3, 0.4) is 0 Å². The number of fused-ring (bicyclic) bond motifs is 2. The second kappa shape index (κ2) is 8.17. The summed E-state index contributed by atoms with van der Waals surface area (Å²) in [7, 11) is 0. The Bertz CT molecular complexity index is 1240. The molecule has 6 nitrogen and oxygen atoms in total. The summed E-state index contributed by atoms with van der Waals surface area (Å²) in [5, 5.41) is 1.47. The summed E-state index contributed by atoms with van der Waals surface area (Å²) in [5.41, 5.74) is 2.77. The molecule has 1 aliphatic heterocycles. The minimum absolute atomic E-state index is 0.0387. The van der Waals surface area contributed by atoms with Crippen molar-refractivity contribution in [2.24, 2.45) is 0 Å². The molecule has 156 valence electrons. The molecular weight excluding hydrogens is 418 g/mol. The van der Waals surface area contributed by atoms with Gasteiger partial charge in [-0.15, -0.1) is 11.3 Å². The number of nitrogens with zero attached hydrogens (tertiary/aromatic N) is 3. The van der Waals surface area contributed by atoms with Crippen molar-refractivity contribution in [3.05, 3.63) is 51.0 Å². The highest BCUT2D eigenvalue weighted by molar-refractivity contribution is 7.98. The van der Waals surface area contributed by atoms with Crippen molar-refractivity contribution in [3.63, 3.8) is 0 Å². The number of ether oxygens (including phenoxy) is 1. The monoisotopic (exact) mass is 441 g/mol. The SMILES string of the molecule is CCc1c(C)sc2nc(SCc3nc4ccccc4o3)n(C[C@@H]3CCCO3)c(=O)c12. The van der Waals surface area contributed by atoms with Crippen molar-refractivity contribution in [1.29, 1.82) is 0 Å². The van der Waals surface area contributed by atoms with Gasteiger partial charge >= 0.3 is 0 Å². The number of thiophene rings is 1. The minimum atomic E-state index is 0.0387. The van der Waals surface area contributed by atoms with Crippen molar-refractivity contribution in [2.75, 3.05) is 6.61 Å². The molecule has 0 radical (unpaired) electrons. The molecule has 5 rings (SSSR count). The van der Waals surface area contributed by atoms with Crippen LogP contribution in [0.5, 0.6) is 0 Å². The molecule has 3 aromatic heterocycles. The molecule has 8 heteroatoms. The molecule has 1 fully saturated rings. The van der Waals surface area contributed by atoms with Gasteiger partial charge in [0.1, 0.15) is 10.3 Å². The van der Waals surface area contributed by atoms with Gasteiger partial charge < -0.3 is 9.15 Å². The Hall–Kier alpha value is -2.16. The first-order chi connectivity index (χ1) is 14.6. The largest absolute Gasteiger partial charge is 0.440 e. The van der Waals surface area contributed by atoms with E-state index in [1.807, 2.05) is 24.3 Å². The first-order valence-electron chi connectivity index (χ1n) is 10.3. The van der Waals surface area contributed by atoms with Gasteiger partial charge in [0.05, 0.1) is 23.8 Å². The van der Waals surface area contributed by atoms with Gasteiger partial charge in [0, 0.05) is 11.5 Å². The van der Waals surface area contributed by atoms with E-state index in [1.54, 1.807) is 15.9 Å². The van der Waals surface area contributed by atoms with Gasteiger partial charge in [-0.25, -0.2) is 9.97 Å². The average molecular weight is 442 g/mol. The summed E-state index contributed by atoms with van der Waals surface area (Å²) in [6, 6.07) is 7.73. The van der Waals surface area contributed by atoms with E-state index in [4.69, 9.17) is 14.1 Å². The van der Waals surface area contributed by atoms with Crippen LogP contribution in [0.2, 0.25) is 0 Å². The summed E-state index contributed by atoms with van der Waals surface area (Å²) in [5.74, 6) is 1.15. The Kier molecular flexibility index (Phi) is 5.39. The zero-order chi connectivity index (χ0) is 20.7. The highest BCUT2D eigenvalue weighted by atomic mass is 32.2. The molecule has 4 heterocycles. The molecule has 0 spiro atoms. The standard InChI is InChI=1S/C22H23N3O3S2/c1-3-15-13(2)30-20-19(15)21(26)25(11-14-7-6-10-27-14)22(24-20)29-12-18-23-16-8-4-5-9-17(16)28-18/h4-5,8-9,14H,3,6-7,10-12H2,1-2H3/t14-/m0/s1. The molecule has 0 unspecified atom stereocenters. The zero-order valence-corrected chi connectivity index (χ0v) is 18.6. The summed E-state index contributed by atoms with van der Waals surface area (Å²) in [6.07, 6.45) is 2.91. The van der Waals surface area contributed by atoms with Crippen LogP contribution in [0, 0.1) is 6.92 Å². The van der Waals surface area contributed by atoms with Crippen LogP contribution >= 0.6 is 23.1 Å². The molecule has 1 saturated heterocycles. The van der Waals surface area contributed by atoms with Crippen LogP contribution in [-0.4, -0.2) is 27.2 Å². The fraction of sp³-hybridized carbons (Fsp3) is 0.409. The highest BCUT2D eigenvalue weighted by Gasteiger charge is 2.23. The smallest absolute Gasteiger partial charge is 0.263 e. The lowest BCUT2D eigenvalue weighted by atomic mass is 10.1. The predicted molar refractivity (Wildman–Crippen MR) is 121 cm³/mol. The topological polar surface area (TPSA) is 70.2 Å². The highest BCUT2D eigenvalue weighted by Crippen LogP contribution is 2.31. The summed E-state index contributed by atoms with van der Waals surface area (Å²) < 4.78 is 13.5. The van der Waals surface area contributed by atoms with Crippen molar-refractivity contribution in [2.45, 2.75) is 56.7 Å². The maximum Gasteiger partial charge on any atom is 0.263 e. The van der Waals surface area contributed by atoms with E-state index in [9.17, 15) is 4.79 Å². The summed E-state index contributed by atoms with van der Waals surface area (Å²) in [6.45, 7) is 5.46. The third kappa shape index (κ3) is 3.57. The van der Waals surface area contributed by atoms with E-state index in [0.717, 1.165) is 52.7 Å². The van der Waals surface area contributed by atoms with Crippen molar-refractivity contribution >= 4 is 44.4 Å². The van der Waals surface area contributed by atoms with Gasteiger partial charge in [-0.05, 0) is 43.9 Å². The van der Waals surface area contributed by atoms with Crippen molar-refractivity contribution < 1.29 is 9.15 Å². The first kappa shape index (κ1) is 19.8.